The van der Waals surface area contributed by atoms with Crippen LogP contribution in [0.1, 0.15) is 50.2 Å². The third kappa shape index (κ3) is 4.34. The molecular weight excluding hydrogens is 262 g/mol. The summed E-state index contributed by atoms with van der Waals surface area (Å²) in [7, 11) is 0. The highest BCUT2D eigenvalue weighted by Gasteiger charge is 2.35. The Balaban J connectivity index is 1.86. The van der Waals surface area contributed by atoms with Crippen LogP contribution in [0.3, 0.4) is 0 Å². The van der Waals surface area contributed by atoms with Crippen LogP contribution in [0.2, 0.25) is 0 Å². The topological polar surface area (TPSA) is 49.3 Å². The SMILES string of the molecule is CC1(C(=O)NCc2ccc(C#CCCO)cc2)CCCC1. The first-order chi connectivity index (χ1) is 10.1. The Morgan fingerprint density at radius 2 is 1.95 bits per heavy atom. The molecule has 0 bridgehead atoms. The summed E-state index contributed by atoms with van der Waals surface area (Å²) < 4.78 is 0. The number of aliphatic hydroxyl groups is 1. The largest absolute Gasteiger partial charge is 0.395 e. The van der Waals surface area contributed by atoms with E-state index >= 15 is 0 Å². The number of amides is 1. The fourth-order valence-electron chi connectivity index (χ4n) is 2.70. The summed E-state index contributed by atoms with van der Waals surface area (Å²) in [5.74, 6) is 6.06. The third-order valence-corrected chi connectivity index (χ3v) is 4.13. The molecular formula is C18H23NO2. The molecule has 0 unspecified atom stereocenters. The average Bonchev–Trinajstić information content (AvgIpc) is 2.94. The van der Waals surface area contributed by atoms with Crippen molar-refractivity contribution < 1.29 is 9.90 Å². The number of aliphatic hydroxyl groups excluding tert-OH is 1. The lowest BCUT2D eigenvalue weighted by Crippen LogP contribution is -2.36. The van der Waals surface area contributed by atoms with Crippen molar-refractivity contribution in [2.24, 2.45) is 5.41 Å². The molecule has 21 heavy (non-hydrogen) atoms. The molecule has 112 valence electrons. The smallest absolute Gasteiger partial charge is 0.226 e. The normalized spacial score (nSPS) is 16.1. The molecule has 1 aromatic carbocycles. The molecule has 0 heterocycles. The minimum atomic E-state index is -0.171. The van der Waals surface area contributed by atoms with Crippen LogP contribution in [-0.4, -0.2) is 17.6 Å². The zero-order valence-electron chi connectivity index (χ0n) is 12.6. The molecule has 1 aliphatic carbocycles. The molecule has 0 spiro atoms. The van der Waals surface area contributed by atoms with Gasteiger partial charge in [-0.25, -0.2) is 0 Å². The Labute approximate surface area is 126 Å². The van der Waals surface area contributed by atoms with Crippen LogP contribution in [-0.2, 0) is 11.3 Å². The highest BCUT2D eigenvalue weighted by molar-refractivity contribution is 5.82. The third-order valence-electron chi connectivity index (χ3n) is 4.13. The van der Waals surface area contributed by atoms with Gasteiger partial charge in [-0.2, -0.15) is 0 Å². The van der Waals surface area contributed by atoms with Crippen LogP contribution in [0, 0.1) is 17.3 Å². The summed E-state index contributed by atoms with van der Waals surface area (Å²) >= 11 is 0. The maximum absolute atomic E-state index is 12.2. The zero-order chi connectivity index (χ0) is 15.1. The molecule has 0 atom stereocenters. The maximum Gasteiger partial charge on any atom is 0.226 e. The monoisotopic (exact) mass is 285 g/mol. The van der Waals surface area contributed by atoms with Crippen molar-refractivity contribution in [3.05, 3.63) is 35.4 Å². The van der Waals surface area contributed by atoms with E-state index in [1.54, 1.807) is 0 Å². The number of carbonyl (C=O) groups is 1. The Morgan fingerprint density at radius 3 is 2.57 bits per heavy atom. The van der Waals surface area contributed by atoms with Crippen LogP contribution >= 0.6 is 0 Å². The molecule has 2 N–H and O–H groups in total. The minimum absolute atomic E-state index is 0.0931. The second kappa shape index (κ2) is 7.28. The van der Waals surface area contributed by atoms with Crippen molar-refractivity contribution in [3.63, 3.8) is 0 Å². The van der Waals surface area contributed by atoms with Gasteiger partial charge in [-0.1, -0.05) is 43.7 Å². The van der Waals surface area contributed by atoms with Gasteiger partial charge in [0.1, 0.15) is 0 Å². The van der Waals surface area contributed by atoms with E-state index in [9.17, 15) is 4.79 Å². The van der Waals surface area contributed by atoms with Crippen molar-refractivity contribution >= 4 is 5.91 Å². The minimum Gasteiger partial charge on any atom is -0.395 e. The van der Waals surface area contributed by atoms with Crippen molar-refractivity contribution in [3.8, 4) is 11.8 Å². The van der Waals surface area contributed by atoms with Gasteiger partial charge in [0.25, 0.3) is 0 Å². The van der Waals surface area contributed by atoms with E-state index < -0.39 is 0 Å². The fourth-order valence-corrected chi connectivity index (χ4v) is 2.70. The Morgan fingerprint density at radius 1 is 1.29 bits per heavy atom. The molecule has 1 fully saturated rings. The highest BCUT2D eigenvalue weighted by Crippen LogP contribution is 2.37. The zero-order valence-corrected chi connectivity index (χ0v) is 12.6. The van der Waals surface area contributed by atoms with Crippen molar-refractivity contribution in [2.75, 3.05) is 6.61 Å². The van der Waals surface area contributed by atoms with Crippen LogP contribution in [0.4, 0.5) is 0 Å². The van der Waals surface area contributed by atoms with Crippen molar-refractivity contribution in [1.82, 2.24) is 5.32 Å². The second-order valence-corrected chi connectivity index (χ2v) is 5.92. The van der Waals surface area contributed by atoms with E-state index in [1.165, 1.54) is 0 Å². The first-order valence-corrected chi connectivity index (χ1v) is 7.61. The maximum atomic E-state index is 12.2. The van der Waals surface area contributed by atoms with E-state index in [-0.39, 0.29) is 17.9 Å². The summed E-state index contributed by atoms with van der Waals surface area (Å²) in [6, 6.07) is 7.87. The van der Waals surface area contributed by atoms with Gasteiger partial charge < -0.3 is 10.4 Å². The van der Waals surface area contributed by atoms with E-state index in [0.29, 0.717) is 13.0 Å². The predicted molar refractivity (Wildman–Crippen MR) is 83.4 cm³/mol. The number of hydrogen-bond donors (Lipinski definition) is 2. The average molecular weight is 285 g/mol. The van der Waals surface area contributed by atoms with Gasteiger partial charge in [0.15, 0.2) is 0 Å². The summed E-state index contributed by atoms with van der Waals surface area (Å²) in [5.41, 5.74) is 1.84. The molecule has 0 aromatic heterocycles. The van der Waals surface area contributed by atoms with Gasteiger partial charge in [0.05, 0.1) is 6.61 Å². The molecule has 0 saturated heterocycles. The molecule has 0 radical (unpaired) electrons. The summed E-state index contributed by atoms with van der Waals surface area (Å²) in [4.78, 5) is 12.2. The van der Waals surface area contributed by atoms with E-state index in [2.05, 4.69) is 24.1 Å². The van der Waals surface area contributed by atoms with Crippen molar-refractivity contribution in [2.45, 2.75) is 45.6 Å². The van der Waals surface area contributed by atoms with Gasteiger partial charge >= 0.3 is 0 Å². The van der Waals surface area contributed by atoms with Gasteiger partial charge in [0.2, 0.25) is 5.91 Å². The molecule has 3 heteroatoms. The Kier molecular flexibility index (Phi) is 5.41. The Bertz CT molecular complexity index is 531. The summed E-state index contributed by atoms with van der Waals surface area (Å²) in [6.45, 7) is 2.73. The van der Waals surface area contributed by atoms with E-state index in [4.69, 9.17) is 5.11 Å². The van der Waals surface area contributed by atoms with E-state index in [1.807, 2.05) is 24.3 Å². The Hall–Kier alpha value is -1.79. The van der Waals surface area contributed by atoms with Crippen LogP contribution in [0.15, 0.2) is 24.3 Å². The molecule has 1 aliphatic rings. The quantitative estimate of drug-likeness (QED) is 0.836. The van der Waals surface area contributed by atoms with Gasteiger partial charge in [-0.3, -0.25) is 4.79 Å². The number of rotatable bonds is 4. The van der Waals surface area contributed by atoms with Gasteiger partial charge in [0, 0.05) is 23.9 Å². The summed E-state index contributed by atoms with van der Waals surface area (Å²) in [6.07, 6.45) is 4.81. The number of benzene rings is 1. The molecule has 2 rings (SSSR count). The molecule has 0 aliphatic heterocycles. The second-order valence-electron chi connectivity index (χ2n) is 5.92. The van der Waals surface area contributed by atoms with Crippen molar-refractivity contribution in [1.29, 1.82) is 0 Å². The van der Waals surface area contributed by atoms with Crippen LogP contribution < -0.4 is 5.32 Å². The molecule has 1 saturated carbocycles. The molecule has 1 aromatic rings. The number of carbonyl (C=O) groups excluding carboxylic acids is 1. The number of hydrogen-bond acceptors (Lipinski definition) is 2. The van der Waals surface area contributed by atoms with E-state index in [0.717, 1.165) is 36.8 Å². The first-order valence-electron chi connectivity index (χ1n) is 7.61. The van der Waals surface area contributed by atoms with Crippen LogP contribution in [0.5, 0.6) is 0 Å². The van der Waals surface area contributed by atoms with Gasteiger partial charge in [-0.15, -0.1) is 0 Å². The molecule has 1 amide bonds. The molecule has 3 nitrogen and oxygen atoms in total. The lowest BCUT2D eigenvalue weighted by Gasteiger charge is -2.22. The first kappa shape index (κ1) is 15.6. The highest BCUT2D eigenvalue weighted by atomic mass is 16.2. The summed E-state index contributed by atoms with van der Waals surface area (Å²) in [5, 5.41) is 11.7. The lowest BCUT2D eigenvalue weighted by atomic mass is 9.88. The lowest BCUT2D eigenvalue weighted by molar-refractivity contribution is -0.130. The van der Waals surface area contributed by atoms with Crippen LogP contribution in [0.25, 0.3) is 0 Å². The fraction of sp³-hybridized carbons (Fsp3) is 0.500. The standard InChI is InChI=1S/C18H23NO2/c1-18(11-3-4-12-18)17(21)19-14-16-9-7-15(8-10-16)6-2-5-13-20/h7-10,20H,3-5,11-14H2,1H3,(H,19,21). The predicted octanol–water partition coefficient (Wildman–Crippen LogP) is 2.62. The number of nitrogens with one attached hydrogen (secondary N) is 1. The van der Waals surface area contributed by atoms with Gasteiger partial charge in [-0.05, 0) is 30.5 Å².